The molecule has 1 aromatic carbocycles. The van der Waals surface area contributed by atoms with Crippen molar-refractivity contribution in [3.05, 3.63) is 29.8 Å². The SMILES string of the molecule is CCN(CC1CCCCC1NC)c1ccccc1C. The highest BCUT2D eigenvalue weighted by atomic mass is 15.1. The molecule has 1 fully saturated rings. The van der Waals surface area contributed by atoms with E-state index in [1.165, 1.54) is 43.5 Å². The minimum atomic E-state index is 0.701. The van der Waals surface area contributed by atoms with Crippen LogP contribution in [0.5, 0.6) is 0 Å². The summed E-state index contributed by atoms with van der Waals surface area (Å²) in [6.07, 6.45) is 5.49. The zero-order chi connectivity index (χ0) is 13.7. The molecule has 1 N–H and O–H groups in total. The maximum absolute atomic E-state index is 3.52. The van der Waals surface area contributed by atoms with Crippen LogP contribution in [0.15, 0.2) is 24.3 Å². The van der Waals surface area contributed by atoms with E-state index in [1.54, 1.807) is 0 Å². The number of nitrogens with zero attached hydrogens (tertiary/aromatic N) is 1. The van der Waals surface area contributed by atoms with E-state index in [0.29, 0.717) is 6.04 Å². The lowest BCUT2D eigenvalue weighted by atomic mass is 9.84. The van der Waals surface area contributed by atoms with Crippen molar-refractivity contribution in [1.29, 1.82) is 0 Å². The van der Waals surface area contributed by atoms with Gasteiger partial charge in [-0.15, -0.1) is 0 Å². The van der Waals surface area contributed by atoms with Crippen LogP contribution in [-0.4, -0.2) is 26.2 Å². The fraction of sp³-hybridized carbons (Fsp3) is 0.647. The van der Waals surface area contributed by atoms with Gasteiger partial charge < -0.3 is 10.2 Å². The van der Waals surface area contributed by atoms with Gasteiger partial charge >= 0.3 is 0 Å². The summed E-state index contributed by atoms with van der Waals surface area (Å²) in [7, 11) is 2.12. The molecular formula is C17H28N2. The largest absolute Gasteiger partial charge is 0.371 e. The number of para-hydroxylation sites is 1. The number of anilines is 1. The summed E-state index contributed by atoms with van der Waals surface area (Å²) >= 11 is 0. The van der Waals surface area contributed by atoms with Gasteiger partial charge in [0.25, 0.3) is 0 Å². The van der Waals surface area contributed by atoms with Crippen LogP contribution in [-0.2, 0) is 0 Å². The van der Waals surface area contributed by atoms with Gasteiger partial charge in [-0.3, -0.25) is 0 Å². The van der Waals surface area contributed by atoms with Crippen LogP contribution < -0.4 is 10.2 Å². The molecule has 0 radical (unpaired) electrons. The lowest BCUT2D eigenvalue weighted by molar-refractivity contribution is 0.276. The van der Waals surface area contributed by atoms with Crippen molar-refractivity contribution in [3.63, 3.8) is 0 Å². The minimum Gasteiger partial charge on any atom is -0.371 e. The Hall–Kier alpha value is -1.02. The maximum atomic E-state index is 3.52. The van der Waals surface area contributed by atoms with Crippen LogP contribution >= 0.6 is 0 Å². The van der Waals surface area contributed by atoms with Gasteiger partial charge in [0.05, 0.1) is 0 Å². The van der Waals surface area contributed by atoms with E-state index >= 15 is 0 Å². The fourth-order valence-electron chi connectivity index (χ4n) is 3.41. The third-order valence-corrected chi connectivity index (χ3v) is 4.57. The second-order valence-corrected chi connectivity index (χ2v) is 5.76. The van der Waals surface area contributed by atoms with E-state index in [0.717, 1.165) is 12.5 Å². The molecule has 0 saturated heterocycles. The van der Waals surface area contributed by atoms with Gasteiger partial charge in [-0.1, -0.05) is 31.0 Å². The Labute approximate surface area is 118 Å². The van der Waals surface area contributed by atoms with Gasteiger partial charge in [0.15, 0.2) is 0 Å². The summed E-state index contributed by atoms with van der Waals surface area (Å²) in [6.45, 7) is 6.77. The highest BCUT2D eigenvalue weighted by molar-refractivity contribution is 5.52. The number of hydrogen-bond acceptors (Lipinski definition) is 2. The smallest absolute Gasteiger partial charge is 0.0395 e. The highest BCUT2D eigenvalue weighted by Gasteiger charge is 2.25. The van der Waals surface area contributed by atoms with Crippen molar-refractivity contribution >= 4 is 5.69 Å². The Morgan fingerprint density at radius 3 is 2.63 bits per heavy atom. The van der Waals surface area contributed by atoms with E-state index < -0.39 is 0 Å². The first-order valence-corrected chi connectivity index (χ1v) is 7.74. The Morgan fingerprint density at radius 2 is 1.95 bits per heavy atom. The zero-order valence-electron chi connectivity index (χ0n) is 12.7. The zero-order valence-corrected chi connectivity index (χ0v) is 12.7. The van der Waals surface area contributed by atoms with Crippen LogP contribution in [0.3, 0.4) is 0 Å². The summed E-state index contributed by atoms with van der Waals surface area (Å²) < 4.78 is 0. The molecule has 0 amide bonds. The maximum Gasteiger partial charge on any atom is 0.0395 e. The monoisotopic (exact) mass is 260 g/mol. The third-order valence-electron chi connectivity index (χ3n) is 4.57. The molecule has 1 saturated carbocycles. The standard InChI is InChI=1S/C17H28N2/c1-4-19(17-12-8-5-9-14(17)2)13-15-10-6-7-11-16(15)18-3/h5,8-9,12,15-16,18H,4,6-7,10-11,13H2,1-3H3. The van der Waals surface area contributed by atoms with Gasteiger partial charge in [-0.2, -0.15) is 0 Å². The molecule has 1 aromatic rings. The molecule has 19 heavy (non-hydrogen) atoms. The molecule has 2 heteroatoms. The highest BCUT2D eigenvalue weighted by Crippen LogP contribution is 2.28. The number of rotatable bonds is 5. The average Bonchev–Trinajstić information content (AvgIpc) is 2.46. The molecule has 1 aliphatic carbocycles. The molecule has 106 valence electrons. The first-order valence-electron chi connectivity index (χ1n) is 7.74. The fourth-order valence-corrected chi connectivity index (χ4v) is 3.41. The Bertz CT molecular complexity index is 389. The van der Waals surface area contributed by atoms with E-state index in [9.17, 15) is 0 Å². The second-order valence-electron chi connectivity index (χ2n) is 5.76. The molecule has 0 heterocycles. The van der Waals surface area contributed by atoms with Crippen molar-refractivity contribution in [2.45, 2.75) is 45.6 Å². The lowest BCUT2D eigenvalue weighted by Crippen LogP contribution is -2.43. The van der Waals surface area contributed by atoms with Crippen molar-refractivity contribution in [1.82, 2.24) is 5.32 Å². The Balaban J connectivity index is 2.08. The quantitative estimate of drug-likeness (QED) is 0.870. The summed E-state index contributed by atoms with van der Waals surface area (Å²) in [6, 6.07) is 9.46. The summed E-state index contributed by atoms with van der Waals surface area (Å²) in [4.78, 5) is 2.55. The summed E-state index contributed by atoms with van der Waals surface area (Å²) in [5, 5.41) is 3.52. The second kappa shape index (κ2) is 6.95. The Morgan fingerprint density at radius 1 is 1.21 bits per heavy atom. The van der Waals surface area contributed by atoms with E-state index in [4.69, 9.17) is 0 Å². The predicted molar refractivity (Wildman–Crippen MR) is 83.9 cm³/mol. The van der Waals surface area contributed by atoms with Crippen LogP contribution in [0.1, 0.15) is 38.2 Å². The summed E-state index contributed by atoms with van der Waals surface area (Å²) in [5.41, 5.74) is 2.80. The van der Waals surface area contributed by atoms with E-state index in [-0.39, 0.29) is 0 Å². The molecule has 2 atom stereocenters. The van der Waals surface area contributed by atoms with Crippen molar-refractivity contribution in [2.24, 2.45) is 5.92 Å². The number of aryl methyl sites for hydroxylation is 1. The molecule has 0 spiro atoms. The van der Waals surface area contributed by atoms with Gasteiger partial charge in [0, 0.05) is 24.8 Å². The normalized spacial score (nSPS) is 23.3. The molecule has 0 aromatic heterocycles. The third kappa shape index (κ3) is 3.50. The van der Waals surface area contributed by atoms with Gasteiger partial charge in [0.1, 0.15) is 0 Å². The first kappa shape index (κ1) is 14.4. The first-order chi connectivity index (χ1) is 9.26. The topological polar surface area (TPSA) is 15.3 Å². The molecule has 1 aliphatic rings. The van der Waals surface area contributed by atoms with Crippen molar-refractivity contribution in [2.75, 3.05) is 25.0 Å². The molecule has 2 nitrogen and oxygen atoms in total. The van der Waals surface area contributed by atoms with E-state index in [1.807, 2.05) is 0 Å². The van der Waals surface area contributed by atoms with Gasteiger partial charge in [-0.25, -0.2) is 0 Å². The van der Waals surface area contributed by atoms with Gasteiger partial charge in [0.2, 0.25) is 0 Å². The number of nitrogens with one attached hydrogen (secondary N) is 1. The summed E-state index contributed by atoms with van der Waals surface area (Å²) in [5.74, 6) is 0.790. The van der Waals surface area contributed by atoms with Crippen LogP contribution in [0, 0.1) is 12.8 Å². The average molecular weight is 260 g/mol. The van der Waals surface area contributed by atoms with Crippen molar-refractivity contribution in [3.8, 4) is 0 Å². The van der Waals surface area contributed by atoms with Crippen LogP contribution in [0.2, 0.25) is 0 Å². The van der Waals surface area contributed by atoms with Crippen LogP contribution in [0.25, 0.3) is 0 Å². The van der Waals surface area contributed by atoms with Crippen molar-refractivity contribution < 1.29 is 0 Å². The minimum absolute atomic E-state index is 0.701. The molecular weight excluding hydrogens is 232 g/mol. The van der Waals surface area contributed by atoms with E-state index in [2.05, 4.69) is 55.4 Å². The van der Waals surface area contributed by atoms with Crippen LogP contribution in [0.4, 0.5) is 5.69 Å². The number of benzene rings is 1. The Kier molecular flexibility index (Phi) is 5.26. The van der Waals surface area contributed by atoms with Gasteiger partial charge in [-0.05, 0) is 51.3 Å². The molecule has 2 unspecified atom stereocenters. The predicted octanol–water partition coefficient (Wildman–Crippen LogP) is 3.60. The molecule has 0 bridgehead atoms. The lowest BCUT2D eigenvalue weighted by Gasteiger charge is -2.36. The molecule has 0 aliphatic heterocycles. The number of hydrogen-bond donors (Lipinski definition) is 1. The molecule has 2 rings (SSSR count).